The van der Waals surface area contributed by atoms with Crippen molar-refractivity contribution in [1.82, 2.24) is 10.7 Å². The zero-order chi connectivity index (χ0) is 20.4. The summed E-state index contributed by atoms with van der Waals surface area (Å²) in [5.41, 5.74) is 2.95. The van der Waals surface area contributed by atoms with Crippen molar-refractivity contribution in [3.8, 4) is 17.2 Å². The number of methoxy groups -OCH3 is 3. The lowest BCUT2D eigenvalue weighted by Gasteiger charge is -2.12. The Labute approximate surface area is 162 Å². The van der Waals surface area contributed by atoms with E-state index in [1.54, 1.807) is 24.3 Å². The second-order valence-electron chi connectivity index (χ2n) is 5.32. The van der Waals surface area contributed by atoms with Crippen molar-refractivity contribution in [2.45, 2.75) is 0 Å². The summed E-state index contributed by atoms with van der Waals surface area (Å²) in [7, 11) is 4.51. The Morgan fingerprint density at radius 1 is 1.14 bits per heavy atom. The molecule has 0 aliphatic rings. The van der Waals surface area contributed by atoms with Crippen LogP contribution in [-0.2, 0) is 9.59 Å². The third kappa shape index (κ3) is 5.90. The van der Waals surface area contributed by atoms with Gasteiger partial charge in [0.05, 0.1) is 40.4 Å². The Morgan fingerprint density at radius 3 is 2.43 bits per heavy atom. The van der Waals surface area contributed by atoms with Crippen LogP contribution in [0.5, 0.6) is 17.2 Å². The lowest BCUT2D eigenvalue weighted by atomic mass is 10.2. The van der Waals surface area contributed by atoms with Crippen molar-refractivity contribution >= 4 is 24.1 Å². The van der Waals surface area contributed by atoms with Gasteiger partial charge in [0, 0.05) is 11.6 Å². The number of ether oxygens (including phenoxy) is 3. The number of furan rings is 1. The topological polar surface area (TPSA) is 111 Å². The molecule has 1 aromatic heterocycles. The van der Waals surface area contributed by atoms with Crippen LogP contribution in [0, 0.1) is 0 Å². The molecule has 0 fully saturated rings. The number of benzene rings is 1. The summed E-state index contributed by atoms with van der Waals surface area (Å²) in [4.78, 5) is 23.4. The second-order valence-corrected chi connectivity index (χ2v) is 5.32. The molecular formula is C19H21N3O6. The third-order valence-electron chi connectivity index (χ3n) is 3.46. The SMILES string of the molecule is COc1cc(C=NNC(=O)CNC(=O)/C=C/c2ccco2)cc(OC)c1OC. The van der Waals surface area contributed by atoms with Crippen molar-refractivity contribution in [3.63, 3.8) is 0 Å². The highest BCUT2D eigenvalue weighted by molar-refractivity contribution is 5.94. The molecule has 0 spiro atoms. The van der Waals surface area contributed by atoms with E-state index in [1.165, 1.54) is 46.0 Å². The zero-order valence-corrected chi connectivity index (χ0v) is 15.7. The third-order valence-corrected chi connectivity index (χ3v) is 3.46. The number of hydrazone groups is 1. The number of hydrogen-bond donors (Lipinski definition) is 2. The minimum atomic E-state index is -0.483. The standard InChI is InChI=1S/C19H21N3O6/c1-25-15-9-13(10-16(26-2)19(15)27-3)11-21-22-18(24)12-20-17(23)7-6-14-5-4-8-28-14/h4-11H,12H2,1-3H3,(H,20,23)(H,22,24)/b7-6+,21-11?. The van der Waals surface area contributed by atoms with Gasteiger partial charge in [-0.05, 0) is 30.3 Å². The van der Waals surface area contributed by atoms with E-state index in [9.17, 15) is 9.59 Å². The number of carbonyl (C=O) groups is 2. The van der Waals surface area contributed by atoms with E-state index in [1.807, 2.05) is 0 Å². The molecule has 0 aliphatic carbocycles. The molecule has 9 nitrogen and oxygen atoms in total. The fourth-order valence-corrected chi connectivity index (χ4v) is 2.16. The molecule has 9 heteroatoms. The van der Waals surface area contributed by atoms with Crippen LogP contribution < -0.4 is 25.0 Å². The molecule has 2 amide bonds. The Kier molecular flexibility index (Phi) is 7.64. The highest BCUT2D eigenvalue weighted by Crippen LogP contribution is 2.37. The molecular weight excluding hydrogens is 366 g/mol. The predicted octanol–water partition coefficient (Wildman–Crippen LogP) is 1.59. The van der Waals surface area contributed by atoms with Gasteiger partial charge in [-0.25, -0.2) is 5.43 Å². The molecule has 0 radical (unpaired) electrons. The van der Waals surface area contributed by atoms with Crippen LogP contribution in [0.25, 0.3) is 6.08 Å². The van der Waals surface area contributed by atoms with Crippen LogP contribution in [0.2, 0.25) is 0 Å². The smallest absolute Gasteiger partial charge is 0.259 e. The molecule has 0 saturated carbocycles. The maximum atomic E-state index is 11.8. The largest absolute Gasteiger partial charge is 0.493 e. The maximum absolute atomic E-state index is 11.8. The Balaban J connectivity index is 1.86. The predicted molar refractivity (Wildman–Crippen MR) is 103 cm³/mol. The van der Waals surface area contributed by atoms with Crippen LogP contribution in [0.3, 0.4) is 0 Å². The molecule has 0 aliphatic heterocycles. The average molecular weight is 387 g/mol. The van der Waals surface area contributed by atoms with Crippen LogP contribution >= 0.6 is 0 Å². The Morgan fingerprint density at radius 2 is 1.86 bits per heavy atom. The molecule has 0 atom stereocenters. The van der Waals surface area contributed by atoms with Crippen LogP contribution in [0.4, 0.5) is 0 Å². The van der Waals surface area contributed by atoms with Crippen LogP contribution in [0.1, 0.15) is 11.3 Å². The molecule has 28 heavy (non-hydrogen) atoms. The first-order valence-electron chi connectivity index (χ1n) is 8.18. The van der Waals surface area contributed by atoms with E-state index in [2.05, 4.69) is 15.8 Å². The van der Waals surface area contributed by atoms with E-state index >= 15 is 0 Å². The van der Waals surface area contributed by atoms with Crippen molar-refractivity contribution in [1.29, 1.82) is 0 Å². The number of amides is 2. The van der Waals surface area contributed by atoms with Gasteiger partial charge in [0.15, 0.2) is 11.5 Å². The van der Waals surface area contributed by atoms with Crippen molar-refractivity contribution in [2.75, 3.05) is 27.9 Å². The van der Waals surface area contributed by atoms with Gasteiger partial charge in [0.1, 0.15) is 5.76 Å². The van der Waals surface area contributed by atoms with Crippen molar-refractivity contribution < 1.29 is 28.2 Å². The number of nitrogens with one attached hydrogen (secondary N) is 2. The van der Waals surface area contributed by atoms with Crippen LogP contribution in [0.15, 0.2) is 46.1 Å². The lowest BCUT2D eigenvalue weighted by Crippen LogP contribution is -2.34. The molecule has 0 bridgehead atoms. The first kappa shape index (κ1) is 20.6. The summed E-state index contributed by atoms with van der Waals surface area (Å²) in [6.45, 7) is -0.228. The maximum Gasteiger partial charge on any atom is 0.259 e. The number of carbonyl (C=O) groups excluding carboxylic acids is 2. The quantitative estimate of drug-likeness (QED) is 0.384. The fourth-order valence-electron chi connectivity index (χ4n) is 2.16. The van der Waals surface area contributed by atoms with E-state index < -0.39 is 11.8 Å². The molecule has 0 saturated heterocycles. The van der Waals surface area contributed by atoms with Gasteiger partial charge in [-0.3, -0.25) is 9.59 Å². The van der Waals surface area contributed by atoms with E-state index in [4.69, 9.17) is 18.6 Å². The number of nitrogens with zero attached hydrogens (tertiary/aromatic N) is 1. The van der Waals surface area contributed by atoms with Gasteiger partial charge >= 0.3 is 0 Å². The van der Waals surface area contributed by atoms with Crippen molar-refractivity contribution in [3.05, 3.63) is 47.9 Å². The lowest BCUT2D eigenvalue weighted by molar-refractivity contribution is -0.123. The molecule has 0 unspecified atom stereocenters. The number of rotatable bonds is 9. The van der Waals surface area contributed by atoms with Crippen molar-refractivity contribution in [2.24, 2.45) is 5.10 Å². The summed E-state index contributed by atoms with van der Waals surface area (Å²) in [5, 5.41) is 6.29. The van der Waals surface area contributed by atoms with Gasteiger partial charge in [-0.15, -0.1) is 0 Å². The van der Waals surface area contributed by atoms with Crippen LogP contribution in [-0.4, -0.2) is 45.9 Å². The second kappa shape index (κ2) is 10.4. The first-order valence-corrected chi connectivity index (χ1v) is 8.18. The first-order chi connectivity index (χ1) is 13.6. The van der Waals surface area contributed by atoms with E-state index in [0.717, 1.165) is 0 Å². The van der Waals surface area contributed by atoms with Gasteiger partial charge in [0.2, 0.25) is 11.7 Å². The summed E-state index contributed by atoms with van der Waals surface area (Å²) >= 11 is 0. The van der Waals surface area contributed by atoms with Gasteiger partial charge < -0.3 is 23.9 Å². The minimum Gasteiger partial charge on any atom is -0.493 e. The molecule has 2 rings (SSSR count). The molecule has 1 aromatic carbocycles. The number of hydrogen-bond acceptors (Lipinski definition) is 7. The van der Waals surface area contributed by atoms with Gasteiger partial charge in [-0.2, -0.15) is 5.10 Å². The summed E-state index contributed by atoms with van der Waals surface area (Å²) < 4.78 is 20.8. The molecule has 2 aromatic rings. The normalized spacial score (nSPS) is 10.8. The Bertz CT molecular complexity index is 834. The van der Waals surface area contributed by atoms with E-state index in [0.29, 0.717) is 28.6 Å². The highest BCUT2D eigenvalue weighted by atomic mass is 16.5. The minimum absolute atomic E-state index is 0.228. The summed E-state index contributed by atoms with van der Waals surface area (Å²) in [5.74, 6) is 1.00. The zero-order valence-electron chi connectivity index (χ0n) is 15.7. The van der Waals surface area contributed by atoms with E-state index in [-0.39, 0.29) is 6.54 Å². The highest BCUT2D eigenvalue weighted by Gasteiger charge is 2.12. The summed E-state index contributed by atoms with van der Waals surface area (Å²) in [6.07, 6.45) is 5.68. The van der Waals surface area contributed by atoms with Gasteiger partial charge in [-0.1, -0.05) is 0 Å². The molecule has 1 heterocycles. The summed E-state index contributed by atoms with van der Waals surface area (Å²) in [6, 6.07) is 6.77. The van der Waals surface area contributed by atoms with Gasteiger partial charge in [0.25, 0.3) is 5.91 Å². The Hall–Kier alpha value is -3.75. The molecule has 2 N–H and O–H groups in total. The average Bonchev–Trinajstić information content (AvgIpc) is 3.23. The fraction of sp³-hybridized carbons (Fsp3) is 0.211. The monoisotopic (exact) mass is 387 g/mol. The molecule has 148 valence electrons.